The number of amides is 2. The molecule has 0 aliphatic carbocycles. The lowest BCUT2D eigenvalue weighted by molar-refractivity contribution is -0.190. The minimum absolute atomic E-state index is 0.0259. The van der Waals surface area contributed by atoms with E-state index in [4.69, 9.17) is 19.9 Å². The lowest BCUT2D eigenvalue weighted by atomic mass is 9.91. The molecule has 2 unspecified atom stereocenters. The maximum Gasteiger partial charge on any atom is 0.358 e. The zero-order chi connectivity index (χ0) is 27.5. The second kappa shape index (κ2) is 11.5. The first-order chi connectivity index (χ1) is 17.4. The highest BCUT2D eigenvalue weighted by atomic mass is 32.2. The second-order valence-electron chi connectivity index (χ2n) is 8.88. The molecule has 202 valence electrons. The molecule has 1 fully saturated rings. The molecule has 15 heteroatoms. The minimum Gasteiger partial charge on any atom is -0.425 e. The number of aromatic nitrogens is 1. The van der Waals surface area contributed by atoms with E-state index in [1.54, 1.807) is 13.8 Å². The van der Waals surface area contributed by atoms with Gasteiger partial charge < -0.3 is 30.5 Å². The van der Waals surface area contributed by atoms with Gasteiger partial charge in [0.1, 0.15) is 22.8 Å². The Balaban J connectivity index is 1.74. The molecule has 3 atom stereocenters. The van der Waals surface area contributed by atoms with E-state index >= 15 is 0 Å². The number of methoxy groups -OCH3 is 1. The Morgan fingerprint density at radius 3 is 2.65 bits per heavy atom. The highest BCUT2D eigenvalue weighted by molar-refractivity contribution is 8.00. The van der Waals surface area contributed by atoms with E-state index in [0.29, 0.717) is 17.7 Å². The van der Waals surface area contributed by atoms with Gasteiger partial charge in [-0.2, -0.15) is 0 Å². The van der Waals surface area contributed by atoms with Crippen molar-refractivity contribution in [1.82, 2.24) is 15.2 Å². The summed E-state index contributed by atoms with van der Waals surface area (Å²) in [5.74, 6) is -2.47. The number of ether oxygens (including phenoxy) is 3. The molecule has 3 rings (SSSR count). The summed E-state index contributed by atoms with van der Waals surface area (Å²) in [7, 11) is 1.45. The number of fused-ring (bicyclic) bond motifs is 1. The van der Waals surface area contributed by atoms with Gasteiger partial charge in [-0.05, 0) is 25.8 Å². The van der Waals surface area contributed by atoms with Crippen LogP contribution in [0.4, 0.5) is 5.13 Å². The molecule has 0 aromatic carbocycles. The van der Waals surface area contributed by atoms with Gasteiger partial charge in [-0.1, -0.05) is 12.1 Å². The van der Waals surface area contributed by atoms with Gasteiger partial charge in [0.05, 0.1) is 12.0 Å². The lowest BCUT2D eigenvalue weighted by Gasteiger charge is -2.49. The van der Waals surface area contributed by atoms with Crippen molar-refractivity contribution in [1.29, 1.82) is 0 Å². The average molecular weight is 556 g/mol. The zero-order valence-corrected chi connectivity index (χ0v) is 22.6. The molecule has 37 heavy (non-hydrogen) atoms. The Labute approximate surface area is 221 Å². The molecule has 2 amide bonds. The molecule has 1 aromatic rings. The molecule has 13 nitrogen and oxygen atoms in total. The number of nitrogens with two attached hydrogens (primary N) is 1. The third-order valence-corrected chi connectivity index (χ3v) is 7.92. The molecular weight excluding hydrogens is 526 g/mol. The number of nitrogens with zero attached hydrogens (tertiary/aromatic N) is 3. The molecule has 3 heterocycles. The number of thioether (sulfide) groups is 1. The number of anilines is 1. The number of rotatable bonds is 10. The summed E-state index contributed by atoms with van der Waals surface area (Å²) >= 11 is 2.37. The predicted molar refractivity (Wildman–Crippen MR) is 134 cm³/mol. The number of thiazole rings is 1. The van der Waals surface area contributed by atoms with Crippen LogP contribution >= 0.6 is 23.1 Å². The normalized spacial score (nSPS) is 20.6. The number of carbonyl (C=O) groups excluding carboxylic acids is 4. The molecule has 4 N–H and O–H groups in total. The minimum atomic E-state index is -1.20. The third-order valence-electron chi connectivity index (χ3n) is 5.91. The number of oxime groups is 1. The molecule has 2 aliphatic rings. The van der Waals surface area contributed by atoms with Gasteiger partial charge in [0, 0.05) is 25.2 Å². The number of hydrogen-bond acceptors (Lipinski definition) is 13. The highest BCUT2D eigenvalue weighted by Crippen LogP contribution is 2.41. The molecule has 0 bridgehead atoms. The summed E-state index contributed by atoms with van der Waals surface area (Å²) in [5.41, 5.74) is 4.96. The first-order valence-corrected chi connectivity index (χ1v) is 13.2. The summed E-state index contributed by atoms with van der Waals surface area (Å²) in [5, 5.41) is 15.8. The molecular formula is C22H29N5O8S2. The summed E-state index contributed by atoms with van der Waals surface area (Å²) < 4.78 is 15.8. The lowest BCUT2D eigenvalue weighted by Crippen LogP contribution is -2.71. The Morgan fingerprint density at radius 2 is 2.08 bits per heavy atom. The maximum absolute atomic E-state index is 13.1. The van der Waals surface area contributed by atoms with Crippen LogP contribution in [0, 0.1) is 5.41 Å². The average Bonchev–Trinajstić information content (AvgIpc) is 3.28. The van der Waals surface area contributed by atoms with Crippen molar-refractivity contribution in [2.24, 2.45) is 10.6 Å². The number of esters is 2. The van der Waals surface area contributed by atoms with Crippen molar-refractivity contribution < 1.29 is 38.6 Å². The van der Waals surface area contributed by atoms with Gasteiger partial charge in [0.2, 0.25) is 6.29 Å². The van der Waals surface area contributed by atoms with Gasteiger partial charge >= 0.3 is 11.9 Å². The van der Waals surface area contributed by atoms with Crippen LogP contribution in [-0.4, -0.2) is 81.7 Å². The van der Waals surface area contributed by atoms with E-state index in [2.05, 4.69) is 15.5 Å². The van der Waals surface area contributed by atoms with Gasteiger partial charge in [-0.15, -0.1) is 23.1 Å². The van der Waals surface area contributed by atoms with Gasteiger partial charge in [0.25, 0.3) is 11.8 Å². The van der Waals surface area contributed by atoms with Crippen LogP contribution in [-0.2, 0) is 33.4 Å². The van der Waals surface area contributed by atoms with Crippen LogP contribution in [0.3, 0.4) is 0 Å². The molecule has 0 radical (unpaired) electrons. The van der Waals surface area contributed by atoms with Crippen molar-refractivity contribution in [2.75, 3.05) is 25.2 Å². The largest absolute Gasteiger partial charge is 0.425 e. The van der Waals surface area contributed by atoms with Crippen LogP contribution in [0.1, 0.15) is 39.8 Å². The van der Waals surface area contributed by atoms with Crippen LogP contribution in [0.5, 0.6) is 0 Å². The topological polar surface area (TPSA) is 183 Å². The van der Waals surface area contributed by atoms with Gasteiger partial charge in [-0.25, -0.2) is 9.78 Å². The van der Waals surface area contributed by atoms with Crippen LogP contribution in [0.25, 0.3) is 0 Å². The Hall–Kier alpha value is -3.17. The van der Waals surface area contributed by atoms with Crippen molar-refractivity contribution in [3.63, 3.8) is 0 Å². The predicted octanol–water partition coefficient (Wildman–Crippen LogP) is 1.07. The molecule has 2 aliphatic heterocycles. The molecule has 1 saturated heterocycles. The number of β-lactam (4-membered cyclic amide) rings is 1. The smallest absolute Gasteiger partial charge is 0.358 e. The summed E-state index contributed by atoms with van der Waals surface area (Å²) in [6.45, 7) is 6.75. The Bertz CT molecular complexity index is 1150. The van der Waals surface area contributed by atoms with E-state index in [1.807, 2.05) is 6.92 Å². The van der Waals surface area contributed by atoms with Crippen LogP contribution in [0.15, 0.2) is 21.8 Å². The first kappa shape index (κ1) is 28.4. The number of hydrogen-bond donors (Lipinski definition) is 3. The molecule has 0 saturated carbocycles. The fourth-order valence-electron chi connectivity index (χ4n) is 3.46. The van der Waals surface area contributed by atoms with Crippen molar-refractivity contribution in [3.05, 3.63) is 22.3 Å². The standard InChI is InChI=1S/C22H29N5O8S2/c1-6-22(3,4)20(31)35-10(2)34-19(30)15-11(7-33-5)8-36-18-14(17(29)27(15)18)25-16(28)13(26-32)12-9-37-21(23)24-12/h9-10,14,18,32H,6-8H2,1-5H3,(H2,23,24)(H,25,28)/b26-13-/t10?,14?,18-/m0/s1. The maximum atomic E-state index is 13.1. The zero-order valence-electron chi connectivity index (χ0n) is 21.0. The Kier molecular flexibility index (Phi) is 8.81. The monoisotopic (exact) mass is 555 g/mol. The van der Waals surface area contributed by atoms with E-state index in [0.717, 1.165) is 11.3 Å². The van der Waals surface area contributed by atoms with E-state index in [-0.39, 0.29) is 23.1 Å². The summed E-state index contributed by atoms with van der Waals surface area (Å²) in [6.07, 6.45) is -0.668. The molecule has 0 spiro atoms. The SMILES string of the molecule is CCC(C)(C)C(=O)OC(C)OC(=O)C1=C(COC)CS[C@H]2C(NC(=O)/C(=N\O)c3csc(N)n3)C(=O)N12. The highest BCUT2D eigenvalue weighted by Gasteiger charge is 2.55. The quantitative estimate of drug-likeness (QED) is 0.0937. The number of nitrogens with one attached hydrogen (secondary N) is 1. The van der Waals surface area contributed by atoms with E-state index < -0.39 is 52.6 Å². The van der Waals surface area contributed by atoms with Gasteiger partial charge in [-0.3, -0.25) is 19.3 Å². The fourth-order valence-corrected chi connectivity index (χ4v) is 5.34. The van der Waals surface area contributed by atoms with Crippen molar-refractivity contribution in [2.45, 2.75) is 51.8 Å². The van der Waals surface area contributed by atoms with E-state index in [1.165, 1.54) is 36.1 Å². The van der Waals surface area contributed by atoms with Crippen LogP contribution in [0.2, 0.25) is 0 Å². The van der Waals surface area contributed by atoms with Crippen LogP contribution < -0.4 is 11.1 Å². The van der Waals surface area contributed by atoms with Gasteiger partial charge in [0.15, 0.2) is 10.8 Å². The van der Waals surface area contributed by atoms with Crippen molar-refractivity contribution in [3.8, 4) is 0 Å². The third kappa shape index (κ3) is 5.88. The summed E-state index contributed by atoms with van der Waals surface area (Å²) in [6, 6.07) is -1.00. The fraction of sp³-hybridized carbons (Fsp3) is 0.545. The number of carbonyl (C=O) groups is 4. The second-order valence-corrected chi connectivity index (χ2v) is 10.9. The first-order valence-electron chi connectivity index (χ1n) is 11.3. The van der Waals surface area contributed by atoms with E-state index in [9.17, 15) is 24.4 Å². The number of nitrogen functional groups attached to an aromatic ring is 1. The molecule has 1 aromatic heterocycles. The summed E-state index contributed by atoms with van der Waals surface area (Å²) in [4.78, 5) is 56.4. The Morgan fingerprint density at radius 1 is 1.38 bits per heavy atom. The van der Waals surface area contributed by atoms with Crippen molar-refractivity contribution >= 4 is 57.7 Å².